The Kier molecular flexibility index (Phi) is 1.07. The third-order valence-electron chi connectivity index (χ3n) is 2.05. The normalized spacial score (nSPS) is 35.1. The molecule has 1 aliphatic carbocycles. The van der Waals surface area contributed by atoms with Gasteiger partial charge in [-0.15, -0.1) is 0 Å². The van der Waals surface area contributed by atoms with Gasteiger partial charge in [-0.3, -0.25) is 10.1 Å². The third kappa shape index (κ3) is 0.906. The van der Waals surface area contributed by atoms with Crippen LogP contribution >= 0.6 is 0 Å². The van der Waals surface area contributed by atoms with E-state index in [1.165, 1.54) is 0 Å². The molecule has 0 spiro atoms. The molecule has 2 rings (SSSR count). The summed E-state index contributed by atoms with van der Waals surface area (Å²) in [6.45, 7) is 3.72. The third-order valence-corrected chi connectivity index (χ3v) is 2.05. The Balaban J connectivity index is 2.10. The second-order valence-corrected chi connectivity index (χ2v) is 2.91. The quantitative estimate of drug-likeness (QED) is 0.403. The second-order valence-electron chi connectivity index (χ2n) is 2.91. The highest BCUT2D eigenvalue weighted by Gasteiger charge is 2.44. The highest BCUT2D eigenvalue weighted by Crippen LogP contribution is 2.39. The molecule has 2 atom stereocenters. The Morgan fingerprint density at radius 2 is 2.09 bits per heavy atom. The minimum atomic E-state index is -0.389. The van der Waals surface area contributed by atoms with Crippen molar-refractivity contribution in [3.8, 4) is 0 Å². The van der Waals surface area contributed by atoms with Gasteiger partial charge in [-0.1, -0.05) is 12.2 Å². The first-order chi connectivity index (χ1) is 5.18. The SMILES string of the molecule is C=C1CC1C1NC(=O)NC1=O. The molecule has 1 aliphatic heterocycles. The molecule has 11 heavy (non-hydrogen) atoms. The molecular formula is C7H8N2O2. The van der Waals surface area contributed by atoms with Gasteiger partial charge in [0.25, 0.3) is 5.91 Å². The number of rotatable bonds is 1. The summed E-state index contributed by atoms with van der Waals surface area (Å²) in [6, 6.07) is -0.741. The maximum absolute atomic E-state index is 11.0. The monoisotopic (exact) mass is 152 g/mol. The van der Waals surface area contributed by atoms with E-state index in [-0.39, 0.29) is 23.9 Å². The van der Waals surface area contributed by atoms with Gasteiger partial charge in [-0.2, -0.15) is 0 Å². The summed E-state index contributed by atoms with van der Waals surface area (Å²) >= 11 is 0. The molecule has 1 saturated carbocycles. The van der Waals surface area contributed by atoms with Crippen molar-refractivity contribution in [2.75, 3.05) is 0 Å². The lowest BCUT2D eigenvalue weighted by Crippen LogP contribution is -2.30. The number of hydrogen-bond acceptors (Lipinski definition) is 2. The van der Waals surface area contributed by atoms with Crippen molar-refractivity contribution >= 4 is 11.9 Å². The molecule has 2 unspecified atom stereocenters. The van der Waals surface area contributed by atoms with Crippen LogP contribution in [-0.2, 0) is 4.79 Å². The fraction of sp³-hybridized carbons (Fsp3) is 0.429. The highest BCUT2D eigenvalue weighted by atomic mass is 16.2. The lowest BCUT2D eigenvalue weighted by atomic mass is 10.2. The predicted molar refractivity (Wildman–Crippen MR) is 37.7 cm³/mol. The summed E-state index contributed by atoms with van der Waals surface area (Å²) in [5, 5.41) is 4.71. The van der Waals surface area contributed by atoms with Crippen LogP contribution in [0.25, 0.3) is 0 Å². The number of carbonyl (C=O) groups is 2. The van der Waals surface area contributed by atoms with Gasteiger partial charge in [-0.05, 0) is 6.42 Å². The molecule has 4 heteroatoms. The molecule has 0 bridgehead atoms. The van der Waals surface area contributed by atoms with Crippen molar-refractivity contribution in [2.24, 2.45) is 5.92 Å². The minimum Gasteiger partial charge on any atom is -0.325 e. The number of nitrogens with one attached hydrogen (secondary N) is 2. The first-order valence-corrected chi connectivity index (χ1v) is 3.47. The van der Waals surface area contributed by atoms with E-state index in [9.17, 15) is 9.59 Å². The van der Waals surface area contributed by atoms with E-state index in [0.717, 1.165) is 12.0 Å². The van der Waals surface area contributed by atoms with Crippen LogP contribution in [0.15, 0.2) is 12.2 Å². The summed E-state index contributed by atoms with van der Waals surface area (Å²) in [7, 11) is 0. The number of carbonyl (C=O) groups excluding carboxylic acids is 2. The maximum atomic E-state index is 11.0. The van der Waals surface area contributed by atoms with E-state index in [2.05, 4.69) is 17.2 Å². The molecule has 1 heterocycles. The standard InChI is InChI=1S/C7H8N2O2/c1-3-2-4(3)5-6(10)9-7(11)8-5/h4-5H,1-2H2,(H2,8,9,10,11). The fourth-order valence-electron chi connectivity index (χ4n) is 1.29. The van der Waals surface area contributed by atoms with E-state index in [0.29, 0.717) is 0 Å². The Morgan fingerprint density at radius 3 is 2.45 bits per heavy atom. The van der Waals surface area contributed by atoms with Crippen molar-refractivity contribution in [1.29, 1.82) is 0 Å². The fourth-order valence-corrected chi connectivity index (χ4v) is 1.29. The second kappa shape index (κ2) is 1.84. The predicted octanol–water partition coefficient (Wildman–Crippen LogP) is -0.230. The van der Waals surface area contributed by atoms with Gasteiger partial charge in [-0.25, -0.2) is 4.79 Å². The number of hydrogen-bond donors (Lipinski definition) is 2. The Morgan fingerprint density at radius 1 is 1.45 bits per heavy atom. The molecule has 3 amide bonds. The van der Waals surface area contributed by atoms with Gasteiger partial charge in [0.15, 0.2) is 0 Å². The Bertz CT molecular complexity index is 259. The van der Waals surface area contributed by atoms with Gasteiger partial charge >= 0.3 is 6.03 Å². The van der Waals surface area contributed by atoms with Crippen LogP contribution < -0.4 is 10.6 Å². The zero-order valence-corrected chi connectivity index (χ0v) is 5.89. The van der Waals surface area contributed by atoms with Gasteiger partial charge < -0.3 is 5.32 Å². The molecule has 1 saturated heterocycles. The largest absolute Gasteiger partial charge is 0.325 e. The van der Waals surface area contributed by atoms with Crippen LogP contribution in [0.1, 0.15) is 6.42 Å². The lowest BCUT2D eigenvalue weighted by Gasteiger charge is -2.01. The first-order valence-electron chi connectivity index (χ1n) is 3.47. The average Bonchev–Trinajstić information content (AvgIpc) is 2.52. The maximum Gasteiger partial charge on any atom is 0.322 e. The average molecular weight is 152 g/mol. The zero-order chi connectivity index (χ0) is 8.01. The van der Waals surface area contributed by atoms with Crippen LogP contribution in [0.3, 0.4) is 0 Å². The minimum absolute atomic E-state index is 0.182. The summed E-state index contributed by atoms with van der Waals surface area (Å²) < 4.78 is 0. The van der Waals surface area contributed by atoms with Gasteiger partial charge in [0.1, 0.15) is 6.04 Å². The summed E-state index contributed by atoms with van der Waals surface area (Å²) in [5.41, 5.74) is 1.05. The van der Waals surface area contributed by atoms with Crippen LogP contribution in [-0.4, -0.2) is 18.0 Å². The molecule has 0 radical (unpaired) electrons. The van der Waals surface area contributed by atoms with Crippen molar-refractivity contribution in [2.45, 2.75) is 12.5 Å². The molecule has 0 aromatic carbocycles. The molecule has 4 nitrogen and oxygen atoms in total. The Labute approximate surface area is 63.7 Å². The van der Waals surface area contributed by atoms with E-state index in [1.807, 2.05) is 0 Å². The van der Waals surface area contributed by atoms with Gasteiger partial charge in [0, 0.05) is 5.92 Å². The van der Waals surface area contributed by atoms with Crippen LogP contribution in [0.4, 0.5) is 4.79 Å². The molecule has 58 valence electrons. The van der Waals surface area contributed by atoms with Crippen LogP contribution in [0.5, 0.6) is 0 Å². The smallest absolute Gasteiger partial charge is 0.322 e. The summed E-state index contributed by atoms with van der Waals surface area (Å²) in [6.07, 6.45) is 0.859. The summed E-state index contributed by atoms with van der Waals surface area (Å²) in [4.78, 5) is 21.6. The van der Waals surface area contributed by atoms with Crippen LogP contribution in [0, 0.1) is 5.92 Å². The molecule has 2 fully saturated rings. The molecular weight excluding hydrogens is 144 g/mol. The van der Waals surface area contributed by atoms with Crippen LogP contribution in [0.2, 0.25) is 0 Å². The molecule has 2 aliphatic rings. The van der Waals surface area contributed by atoms with E-state index in [4.69, 9.17) is 0 Å². The Hall–Kier alpha value is -1.32. The number of urea groups is 1. The van der Waals surface area contributed by atoms with Crippen molar-refractivity contribution in [3.05, 3.63) is 12.2 Å². The lowest BCUT2D eigenvalue weighted by molar-refractivity contribution is -0.120. The van der Waals surface area contributed by atoms with Crippen molar-refractivity contribution in [1.82, 2.24) is 10.6 Å². The van der Waals surface area contributed by atoms with E-state index < -0.39 is 0 Å². The van der Waals surface area contributed by atoms with Crippen molar-refractivity contribution in [3.63, 3.8) is 0 Å². The van der Waals surface area contributed by atoms with Gasteiger partial charge in [0.05, 0.1) is 0 Å². The highest BCUT2D eigenvalue weighted by molar-refractivity contribution is 6.04. The summed E-state index contributed by atoms with van der Waals surface area (Å²) in [5.74, 6) is -0.0416. The topological polar surface area (TPSA) is 58.2 Å². The zero-order valence-electron chi connectivity index (χ0n) is 5.89. The molecule has 0 aromatic heterocycles. The molecule has 0 aromatic rings. The number of imide groups is 1. The van der Waals surface area contributed by atoms with Gasteiger partial charge in [0.2, 0.25) is 0 Å². The van der Waals surface area contributed by atoms with E-state index >= 15 is 0 Å². The van der Waals surface area contributed by atoms with Crippen molar-refractivity contribution < 1.29 is 9.59 Å². The van der Waals surface area contributed by atoms with E-state index in [1.54, 1.807) is 0 Å². The number of amides is 3. The first kappa shape index (κ1) is 6.39. The molecule has 2 N–H and O–H groups in total.